The van der Waals surface area contributed by atoms with Crippen molar-refractivity contribution in [2.75, 3.05) is 13.7 Å². The first-order chi connectivity index (χ1) is 17.7. The van der Waals surface area contributed by atoms with E-state index in [1.165, 1.54) is 6.07 Å². The molecule has 8 nitrogen and oxygen atoms in total. The highest BCUT2D eigenvalue weighted by molar-refractivity contribution is 7.89. The van der Waals surface area contributed by atoms with Gasteiger partial charge in [-0.1, -0.05) is 18.2 Å². The fraction of sp³-hybridized carbons (Fsp3) is 0.222. The maximum absolute atomic E-state index is 11.9. The molecule has 37 heavy (non-hydrogen) atoms. The predicted octanol–water partition coefficient (Wildman–Crippen LogP) is 4.94. The molecule has 5 aromatic rings. The number of nitrogens with two attached hydrogens (primary N) is 1. The summed E-state index contributed by atoms with van der Waals surface area (Å²) in [6, 6.07) is 14.7. The van der Waals surface area contributed by atoms with Crippen LogP contribution in [0.4, 0.5) is 0 Å². The summed E-state index contributed by atoms with van der Waals surface area (Å²) >= 11 is 1.57. The molecule has 10 heteroatoms. The highest BCUT2D eigenvalue weighted by Crippen LogP contribution is 2.37. The van der Waals surface area contributed by atoms with Crippen molar-refractivity contribution in [1.29, 1.82) is 0 Å². The van der Waals surface area contributed by atoms with Crippen LogP contribution in [0, 0.1) is 13.8 Å². The lowest BCUT2D eigenvalue weighted by molar-refractivity contribution is 0.181. The number of methoxy groups -OCH3 is 1. The monoisotopic (exact) mass is 534 g/mol. The van der Waals surface area contributed by atoms with E-state index in [1.54, 1.807) is 42.8 Å². The topological polar surface area (TPSA) is 117 Å². The molecule has 0 atom stereocenters. The Kier molecular flexibility index (Phi) is 6.91. The molecule has 3 aromatic carbocycles. The Balaban J connectivity index is 1.43. The molecule has 0 bridgehead atoms. The average molecular weight is 535 g/mol. The fourth-order valence-corrected chi connectivity index (χ4v) is 6.21. The van der Waals surface area contributed by atoms with E-state index in [0.717, 1.165) is 48.6 Å². The molecule has 0 radical (unpaired) electrons. The minimum absolute atomic E-state index is 0.125. The molecule has 2 heterocycles. The first kappa shape index (κ1) is 25.2. The molecule has 0 fully saturated rings. The van der Waals surface area contributed by atoms with Crippen molar-refractivity contribution in [3.05, 3.63) is 77.1 Å². The van der Waals surface area contributed by atoms with Gasteiger partial charge in [0.25, 0.3) is 0 Å². The number of sulfonamides is 1. The Morgan fingerprint density at radius 2 is 1.84 bits per heavy atom. The molecule has 0 amide bonds. The Morgan fingerprint density at radius 3 is 2.62 bits per heavy atom. The van der Waals surface area contributed by atoms with E-state index < -0.39 is 10.0 Å². The molecule has 0 aliphatic rings. The van der Waals surface area contributed by atoms with Crippen molar-refractivity contribution >= 4 is 42.6 Å². The minimum atomic E-state index is -3.79. The summed E-state index contributed by atoms with van der Waals surface area (Å²) in [6.45, 7) is 4.75. The molecule has 0 unspecified atom stereocenters. The molecule has 2 aromatic heterocycles. The van der Waals surface area contributed by atoms with Gasteiger partial charge in [-0.05, 0) is 60.9 Å². The number of aryl methyl sites for hydroxylation is 2. The van der Waals surface area contributed by atoms with E-state index in [9.17, 15) is 8.42 Å². The lowest BCUT2D eigenvalue weighted by atomic mass is 10.1. The summed E-state index contributed by atoms with van der Waals surface area (Å²) in [4.78, 5) is 14.4. The molecule has 0 saturated carbocycles. The molecule has 0 aliphatic heterocycles. The van der Waals surface area contributed by atoms with Crippen LogP contribution in [0.25, 0.3) is 31.8 Å². The van der Waals surface area contributed by atoms with Crippen LogP contribution in [0.2, 0.25) is 0 Å². The quantitative estimate of drug-likeness (QED) is 0.300. The Hall–Kier alpha value is -3.44. The second-order valence-corrected chi connectivity index (χ2v) is 11.4. The minimum Gasteiger partial charge on any atom is -0.493 e. The Morgan fingerprint density at radius 1 is 1.03 bits per heavy atom. The normalized spacial score (nSPS) is 11.9. The molecular formula is C27H26N4O4S2. The van der Waals surface area contributed by atoms with Gasteiger partial charge in [0.05, 0.1) is 51.3 Å². The van der Waals surface area contributed by atoms with Crippen LogP contribution in [0.3, 0.4) is 0 Å². The van der Waals surface area contributed by atoms with Crippen molar-refractivity contribution in [3.8, 4) is 16.3 Å². The number of hydrogen-bond donors (Lipinski definition) is 1. The zero-order chi connectivity index (χ0) is 26.2. The van der Waals surface area contributed by atoms with E-state index >= 15 is 0 Å². The molecule has 2 N–H and O–H groups in total. The van der Waals surface area contributed by atoms with Crippen molar-refractivity contribution in [1.82, 2.24) is 15.0 Å². The van der Waals surface area contributed by atoms with Gasteiger partial charge in [0, 0.05) is 19.1 Å². The zero-order valence-corrected chi connectivity index (χ0v) is 22.3. The highest BCUT2D eigenvalue weighted by atomic mass is 32.2. The summed E-state index contributed by atoms with van der Waals surface area (Å²) < 4.78 is 35.9. The highest BCUT2D eigenvalue weighted by Gasteiger charge is 2.16. The summed E-state index contributed by atoms with van der Waals surface area (Å²) in [5.41, 5.74) is 6.93. The number of fused-ring (bicyclic) bond motifs is 2. The van der Waals surface area contributed by atoms with Gasteiger partial charge in [-0.2, -0.15) is 0 Å². The fourth-order valence-electron chi connectivity index (χ4n) is 4.31. The number of aromatic nitrogens is 3. The maximum Gasteiger partial charge on any atom is 0.238 e. The third kappa shape index (κ3) is 5.33. The van der Waals surface area contributed by atoms with Crippen LogP contribution < -0.4 is 9.88 Å². The number of nitrogens with zero attached hydrogens (tertiary/aromatic N) is 3. The second-order valence-electron chi connectivity index (χ2n) is 8.83. The van der Waals surface area contributed by atoms with Gasteiger partial charge in [-0.25, -0.2) is 23.5 Å². The summed E-state index contributed by atoms with van der Waals surface area (Å²) in [5.74, 6) is 0.700. The van der Waals surface area contributed by atoms with E-state index in [0.29, 0.717) is 30.9 Å². The summed E-state index contributed by atoms with van der Waals surface area (Å²) in [7, 11) is -2.15. The number of thiazole rings is 1. The van der Waals surface area contributed by atoms with Gasteiger partial charge >= 0.3 is 0 Å². The molecule has 0 aliphatic carbocycles. The van der Waals surface area contributed by atoms with Crippen LogP contribution in [-0.2, 0) is 27.8 Å². The summed E-state index contributed by atoms with van der Waals surface area (Å²) in [6.07, 6.45) is 2.15. The van der Waals surface area contributed by atoms with Crippen molar-refractivity contribution in [2.24, 2.45) is 5.14 Å². The summed E-state index contributed by atoms with van der Waals surface area (Å²) in [5, 5.41) is 6.21. The first-order valence-electron chi connectivity index (χ1n) is 11.6. The maximum atomic E-state index is 11.9. The number of rotatable bonds is 8. The van der Waals surface area contributed by atoms with Crippen LogP contribution in [0.1, 0.15) is 22.4 Å². The van der Waals surface area contributed by atoms with Crippen molar-refractivity contribution < 1.29 is 17.9 Å². The molecular weight excluding hydrogens is 508 g/mol. The van der Waals surface area contributed by atoms with E-state index in [-0.39, 0.29) is 4.90 Å². The number of primary sulfonamides is 1. The van der Waals surface area contributed by atoms with E-state index in [1.807, 2.05) is 32.0 Å². The second kappa shape index (κ2) is 10.1. The largest absolute Gasteiger partial charge is 0.493 e. The smallest absolute Gasteiger partial charge is 0.238 e. The lowest BCUT2D eigenvalue weighted by Gasteiger charge is -2.10. The Bertz CT molecular complexity index is 1730. The average Bonchev–Trinajstić information content (AvgIpc) is 3.28. The van der Waals surface area contributed by atoms with Gasteiger partial charge in [-0.15, -0.1) is 11.3 Å². The van der Waals surface area contributed by atoms with Crippen LogP contribution in [0.15, 0.2) is 59.6 Å². The van der Waals surface area contributed by atoms with Crippen LogP contribution in [-0.4, -0.2) is 37.1 Å². The molecule has 5 rings (SSSR count). The first-order valence-corrected chi connectivity index (χ1v) is 14.0. The zero-order valence-electron chi connectivity index (χ0n) is 20.7. The SMILES string of the molecule is COCc1cnc2c(-c3nc4c(C)cc(OCCc5ccccc5S(N)(=O)=O)cc4s3)cc(C)cc2n1. The van der Waals surface area contributed by atoms with Crippen molar-refractivity contribution in [2.45, 2.75) is 31.8 Å². The third-order valence-corrected chi connectivity index (χ3v) is 7.99. The lowest BCUT2D eigenvalue weighted by Crippen LogP contribution is -2.15. The molecule has 190 valence electrons. The van der Waals surface area contributed by atoms with E-state index in [4.69, 9.17) is 24.6 Å². The van der Waals surface area contributed by atoms with Gasteiger partial charge in [0.2, 0.25) is 10.0 Å². The van der Waals surface area contributed by atoms with Gasteiger partial charge < -0.3 is 9.47 Å². The molecule has 0 saturated heterocycles. The number of hydrogen-bond acceptors (Lipinski definition) is 8. The molecule has 0 spiro atoms. The van der Waals surface area contributed by atoms with E-state index in [2.05, 4.69) is 11.1 Å². The number of ether oxygens (including phenoxy) is 2. The van der Waals surface area contributed by atoms with Gasteiger partial charge in [0.15, 0.2) is 0 Å². The Labute approximate surface area is 219 Å². The van der Waals surface area contributed by atoms with Crippen LogP contribution in [0.5, 0.6) is 5.75 Å². The predicted molar refractivity (Wildman–Crippen MR) is 145 cm³/mol. The van der Waals surface area contributed by atoms with Gasteiger partial charge in [0.1, 0.15) is 10.8 Å². The van der Waals surface area contributed by atoms with Gasteiger partial charge in [-0.3, -0.25) is 4.98 Å². The standard InChI is InChI=1S/C27H26N4O4S2/c1-16-10-21(26-22(11-16)30-19(14-29-26)15-34-3)27-31-25-17(2)12-20(13-23(25)36-27)35-9-8-18-6-4-5-7-24(18)37(28,32)33/h4-7,10-14H,8-9,15H2,1-3H3,(H2,28,32,33). The van der Waals surface area contributed by atoms with Crippen LogP contribution >= 0.6 is 11.3 Å². The van der Waals surface area contributed by atoms with Crippen molar-refractivity contribution in [3.63, 3.8) is 0 Å². The number of benzene rings is 3. The third-order valence-electron chi connectivity index (χ3n) is 5.94.